The van der Waals surface area contributed by atoms with Crippen LogP contribution in [0, 0.1) is 0 Å². The van der Waals surface area contributed by atoms with Crippen molar-refractivity contribution >= 4 is 22.5 Å². The largest absolute Gasteiger partial charge is 0.347 e. The van der Waals surface area contributed by atoms with Crippen LogP contribution >= 0.6 is 0 Å². The zero-order chi connectivity index (χ0) is 21.5. The molecule has 1 saturated heterocycles. The van der Waals surface area contributed by atoms with Gasteiger partial charge in [-0.2, -0.15) is 0 Å². The van der Waals surface area contributed by atoms with Crippen LogP contribution in [0.2, 0.25) is 0 Å². The van der Waals surface area contributed by atoms with E-state index in [2.05, 4.69) is 63.4 Å². The third-order valence-corrected chi connectivity index (χ3v) is 6.63. The fourth-order valence-electron chi connectivity index (χ4n) is 4.71. The number of nitrogens with one attached hydrogen (secondary N) is 1. The van der Waals surface area contributed by atoms with Crippen LogP contribution < -0.4 is 5.32 Å². The van der Waals surface area contributed by atoms with Crippen LogP contribution in [-0.2, 0) is 11.3 Å². The Bertz CT molecular complexity index is 968. The second-order valence-electron chi connectivity index (χ2n) is 8.77. The number of unbranched alkanes of at least 4 members (excludes halogenated alkanes) is 2. The first-order valence-corrected chi connectivity index (χ1v) is 11.9. The molecule has 0 aliphatic carbocycles. The molecule has 4 heteroatoms. The maximum absolute atomic E-state index is 11.5. The highest BCUT2D eigenvalue weighted by Crippen LogP contribution is 2.29. The third kappa shape index (κ3) is 5.76. The van der Waals surface area contributed by atoms with Crippen LogP contribution in [0.25, 0.3) is 10.9 Å². The summed E-state index contributed by atoms with van der Waals surface area (Å²) >= 11 is 0. The summed E-state index contributed by atoms with van der Waals surface area (Å²) in [6.07, 6.45) is 9.03. The molecule has 1 amide bonds. The Balaban J connectivity index is 1.14. The summed E-state index contributed by atoms with van der Waals surface area (Å²) in [7, 11) is 0. The van der Waals surface area contributed by atoms with Crippen LogP contribution in [-0.4, -0.2) is 35.0 Å². The number of carbonyl (C=O) groups excluding carboxylic acids is 1. The highest BCUT2D eigenvalue weighted by molar-refractivity contribution is 5.90. The van der Waals surface area contributed by atoms with Gasteiger partial charge >= 0.3 is 0 Å². The lowest BCUT2D eigenvalue weighted by Gasteiger charge is -2.32. The van der Waals surface area contributed by atoms with Gasteiger partial charge in [0.25, 0.3) is 0 Å². The summed E-state index contributed by atoms with van der Waals surface area (Å²) in [5, 5.41) is 4.27. The van der Waals surface area contributed by atoms with Crippen molar-refractivity contribution in [2.45, 2.75) is 57.9 Å². The number of nitrogens with zero attached hydrogens (tertiary/aromatic N) is 2. The fourth-order valence-corrected chi connectivity index (χ4v) is 4.71. The quantitative estimate of drug-likeness (QED) is 0.431. The van der Waals surface area contributed by atoms with E-state index in [1.807, 2.05) is 19.1 Å². The summed E-state index contributed by atoms with van der Waals surface area (Å²) in [6, 6.07) is 19.3. The van der Waals surface area contributed by atoms with E-state index in [1.54, 1.807) is 0 Å². The second-order valence-corrected chi connectivity index (χ2v) is 8.77. The number of hydrogen-bond donors (Lipinski definition) is 1. The summed E-state index contributed by atoms with van der Waals surface area (Å²) in [4.78, 5) is 14.2. The van der Waals surface area contributed by atoms with Crippen molar-refractivity contribution < 1.29 is 4.79 Å². The molecule has 1 fully saturated rings. The van der Waals surface area contributed by atoms with Gasteiger partial charge in [0.2, 0.25) is 5.91 Å². The number of likely N-dealkylation sites (tertiary alicyclic amines) is 1. The molecule has 0 unspecified atom stereocenters. The van der Waals surface area contributed by atoms with Crippen molar-refractivity contribution in [2.75, 3.05) is 25.0 Å². The number of piperidine rings is 1. The molecule has 2 aromatic carbocycles. The highest BCUT2D eigenvalue weighted by atomic mass is 16.1. The first kappa shape index (κ1) is 21.6. The number of aryl methyl sites for hydroxylation is 1. The molecule has 0 spiro atoms. The summed E-state index contributed by atoms with van der Waals surface area (Å²) in [6.45, 7) is 6.61. The first-order valence-electron chi connectivity index (χ1n) is 11.9. The van der Waals surface area contributed by atoms with E-state index >= 15 is 0 Å². The van der Waals surface area contributed by atoms with Crippen LogP contribution in [0.3, 0.4) is 0 Å². The lowest BCUT2D eigenvalue weighted by atomic mass is 9.89. The van der Waals surface area contributed by atoms with E-state index in [1.165, 1.54) is 68.2 Å². The molecule has 2 heterocycles. The molecule has 3 aromatic rings. The number of anilines is 1. The number of aromatic nitrogens is 1. The van der Waals surface area contributed by atoms with Crippen molar-refractivity contribution in [2.24, 2.45) is 0 Å². The van der Waals surface area contributed by atoms with Gasteiger partial charge in [-0.3, -0.25) is 4.79 Å². The van der Waals surface area contributed by atoms with Crippen molar-refractivity contribution in [3.63, 3.8) is 0 Å². The van der Waals surface area contributed by atoms with Crippen LogP contribution in [0.1, 0.15) is 56.9 Å². The predicted molar refractivity (Wildman–Crippen MR) is 130 cm³/mol. The molecule has 4 rings (SSSR count). The molecular formula is C27H35N3O. The Morgan fingerprint density at radius 1 is 0.935 bits per heavy atom. The average Bonchev–Trinajstić information content (AvgIpc) is 3.23. The molecule has 1 aliphatic heterocycles. The third-order valence-electron chi connectivity index (χ3n) is 6.63. The average molecular weight is 418 g/mol. The van der Waals surface area contributed by atoms with Gasteiger partial charge in [0, 0.05) is 30.4 Å². The van der Waals surface area contributed by atoms with Crippen LogP contribution in [0.15, 0.2) is 60.8 Å². The summed E-state index contributed by atoms with van der Waals surface area (Å²) < 4.78 is 2.39. The lowest BCUT2D eigenvalue weighted by molar-refractivity contribution is -0.115. The molecule has 31 heavy (non-hydrogen) atoms. The normalized spacial score (nSPS) is 15.4. The molecule has 1 aromatic heterocycles. The number of fused-ring (bicyclic) bond motifs is 1. The molecule has 164 valence electrons. The minimum atomic E-state index is 0.0720. The van der Waals surface area contributed by atoms with E-state index in [4.69, 9.17) is 0 Å². The fraction of sp³-hybridized carbons (Fsp3) is 0.444. The van der Waals surface area contributed by atoms with Gasteiger partial charge in [0.05, 0.1) is 0 Å². The maximum atomic E-state index is 11.5. The first-order chi connectivity index (χ1) is 15.2. The van der Waals surface area contributed by atoms with Crippen molar-refractivity contribution in [3.05, 3.63) is 66.4 Å². The zero-order valence-electron chi connectivity index (χ0n) is 18.7. The zero-order valence-corrected chi connectivity index (χ0v) is 18.7. The monoisotopic (exact) mass is 417 g/mol. The number of amides is 1. The smallest absolute Gasteiger partial charge is 0.224 e. The van der Waals surface area contributed by atoms with Crippen molar-refractivity contribution in [1.82, 2.24) is 9.47 Å². The number of benzene rings is 2. The molecular weight excluding hydrogens is 382 g/mol. The molecule has 4 nitrogen and oxygen atoms in total. The lowest BCUT2D eigenvalue weighted by Crippen LogP contribution is -2.33. The highest BCUT2D eigenvalue weighted by Gasteiger charge is 2.20. The summed E-state index contributed by atoms with van der Waals surface area (Å²) in [5.41, 5.74) is 3.67. The number of carbonyl (C=O) groups is 1. The molecule has 0 radical (unpaired) electrons. The second kappa shape index (κ2) is 10.6. The van der Waals surface area contributed by atoms with E-state index in [0.717, 1.165) is 12.2 Å². The van der Waals surface area contributed by atoms with E-state index in [0.29, 0.717) is 12.3 Å². The maximum Gasteiger partial charge on any atom is 0.224 e. The van der Waals surface area contributed by atoms with Crippen molar-refractivity contribution in [1.29, 1.82) is 0 Å². The van der Waals surface area contributed by atoms with Crippen LogP contribution in [0.4, 0.5) is 5.69 Å². The van der Waals surface area contributed by atoms with E-state index in [9.17, 15) is 4.79 Å². The number of rotatable bonds is 9. The summed E-state index contributed by atoms with van der Waals surface area (Å²) in [5.74, 6) is 0.719. The predicted octanol–water partition coefficient (Wildman–Crippen LogP) is 6.04. The standard InChI is InChI=1S/C27H35N3O/c1-2-27(31)28-25-12-10-22(11-13-25)23-14-19-29(20-15-23)17-6-3-7-18-30-21-16-24-8-4-5-9-26(24)30/h4-5,8-13,16,21,23H,2-3,6-7,14-15,17-20H2,1H3,(H,28,31). The molecule has 1 N–H and O–H groups in total. The molecule has 0 saturated carbocycles. The van der Waals surface area contributed by atoms with Gasteiger partial charge in [0.15, 0.2) is 0 Å². The minimum absolute atomic E-state index is 0.0720. The SMILES string of the molecule is CCC(=O)Nc1ccc(C2CCN(CCCCCn3ccc4ccccc43)CC2)cc1. The number of para-hydroxylation sites is 1. The van der Waals surface area contributed by atoms with E-state index in [-0.39, 0.29) is 5.91 Å². The Labute approximate surface area is 186 Å². The van der Waals surface area contributed by atoms with Gasteiger partial charge in [-0.15, -0.1) is 0 Å². The molecule has 0 atom stereocenters. The Morgan fingerprint density at radius 3 is 2.45 bits per heavy atom. The van der Waals surface area contributed by atoms with Gasteiger partial charge in [-0.1, -0.05) is 43.7 Å². The Morgan fingerprint density at radius 2 is 1.68 bits per heavy atom. The van der Waals surface area contributed by atoms with Crippen molar-refractivity contribution in [3.8, 4) is 0 Å². The van der Waals surface area contributed by atoms with Gasteiger partial charge in [0.1, 0.15) is 0 Å². The van der Waals surface area contributed by atoms with Gasteiger partial charge < -0.3 is 14.8 Å². The number of hydrogen-bond acceptors (Lipinski definition) is 2. The minimum Gasteiger partial charge on any atom is -0.347 e. The van der Waals surface area contributed by atoms with E-state index < -0.39 is 0 Å². The Kier molecular flexibility index (Phi) is 7.42. The van der Waals surface area contributed by atoms with Crippen LogP contribution in [0.5, 0.6) is 0 Å². The Hall–Kier alpha value is -2.59. The topological polar surface area (TPSA) is 37.3 Å². The van der Waals surface area contributed by atoms with Gasteiger partial charge in [-0.25, -0.2) is 0 Å². The van der Waals surface area contributed by atoms with Gasteiger partial charge in [-0.05, 0) is 86.5 Å². The molecule has 0 bridgehead atoms. The molecule has 1 aliphatic rings.